The molecule has 0 aliphatic rings. The molecule has 0 unspecified atom stereocenters. The van der Waals surface area contributed by atoms with Crippen molar-refractivity contribution in [2.75, 3.05) is 0 Å². The summed E-state index contributed by atoms with van der Waals surface area (Å²) in [4.78, 5) is 65.0. The first-order valence-corrected chi connectivity index (χ1v) is 14.6. The van der Waals surface area contributed by atoms with Crippen molar-refractivity contribution in [1.82, 2.24) is 0 Å². The molecule has 0 aliphatic carbocycles. The van der Waals surface area contributed by atoms with Gasteiger partial charge in [-0.05, 0) is 36.5 Å². The molecule has 0 saturated heterocycles. The molecule has 0 aromatic carbocycles. The highest BCUT2D eigenvalue weighted by Gasteiger charge is 1.92. The van der Waals surface area contributed by atoms with Crippen LogP contribution in [0.3, 0.4) is 0 Å². The minimum absolute atomic E-state index is 0.754. The van der Waals surface area contributed by atoms with Crippen LogP contribution in [-0.2, 0) is 33.2 Å². The van der Waals surface area contributed by atoms with E-state index in [1.165, 1.54) is 51.4 Å². The molecule has 0 aromatic heterocycles. The third kappa shape index (κ3) is 111. The summed E-state index contributed by atoms with van der Waals surface area (Å²) in [5, 5.41) is 0. The molecular weight excluding hydrogens is 446 g/mol. The third-order valence-corrected chi connectivity index (χ3v) is 2.85. The van der Waals surface area contributed by atoms with Gasteiger partial charge in [-0.15, -0.1) is 0 Å². The van der Waals surface area contributed by atoms with Gasteiger partial charge in [-0.25, -0.2) is 0 Å². The number of unbranched alkanes of at least 4 members (excludes halogenated alkanes) is 10. The van der Waals surface area contributed by atoms with E-state index in [-0.39, 0.29) is 0 Å². The molecule has 6 N–H and O–H groups in total. The second-order valence-electron chi connectivity index (χ2n) is 5.77. The lowest BCUT2D eigenvalue weighted by Gasteiger charge is -1.93. The van der Waals surface area contributed by atoms with E-state index in [1.807, 2.05) is 0 Å². The third-order valence-electron chi connectivity index (χ3n) is 2.85. The van der Waals surface area contributed by atoms with Crippen molar-refractivity contribution in [2.24, 2.45) is 0 Å². The number of carbonyl (C=O) groups is 2. The summed E-state index contributed by atoms with van der Waals surface area (Å²) in [5.41, 5.74) is 0. The molecule has 8 nitrogen and oxygen atoms in total. The maximum atomic E-state index is 9.84. The van der Waals surface area contributed by atoms with Gasteiger partial charge in [0, 0.05) is 12.8 Å². The average Bonchev–Trinajstić information content (AvgIpc) is 2.52. The smallest absolute Gasteiger partial charge is 0.319 e. The monoisotopic (exact) mass is 484 g/mol. The fourth-order valence-corrected chi connectivity index (χ4v) is 1.66. The number of aldehydes is 2. The van der Waals surface area contributed by atoms with Gasteiger partial charge in [0.25, 0.3) is 0 Å². The maximum absolute atomic E-state index is 9.84. The molecule has 0 spiro atoms. The van der Waals surface area contributed by atoms with E-state index in [4.69, 9.17) is 29.4 Å². The highest BCUT2D eigenvalue weighted by atomic mass is 32.5. The molecular formula is C16H38O8P2S2. The molecule has 0 aliphatic heterocycles. The Labute approximate surface area is 179 Å². The molecule has 0 heterocycles. The largest absolute Gasteiger partial charge is 0.325 e. The molecule has 28 heavy (non-hydrogen) atoms. The Hall–Kier alpha value is 0.400. The van der Waals surface area contributed by atoms with Gasteiger partial charge in [-0.3, -0.25) is 0 Å². The van der Waals surface area contributed by atoms with Crippen LogP contribution in [0, 0.1) is 0 Å². The fraction of sp³-hybridized carbons (Fsp3) is 0.875. The molecule has 172 valence electrons. The fourth-order valence-electron chi connectivity index (χ4n) is 1.66. The maximum Gasteiger partial charge on any atom is 0.319 e. The van der Waals surface area contributed by atoms with Crippen LogP contribution < -0.4 is 0 Å². The molecule has 0 fully saturated rings. The van der Waals surface area contributed by atoms with Crippen molar-refractivity contribution >= 4 is 49.6 Å². The Morgan fingerprint density at radius 2 is 0.786 bits per heavy atom. The summed E-state index contributed by atoms with van der Waals surface area (Å²) >= 11 is 7.21. The topological polar surface area (TPSA) is 156 Å². The van der Waals surface area contributed by atoms with Gasteiger partial charge in [0.2, 0.25) is 0 Å². The van der Waals surface area contributed by atoms with Gasteiger partial charge < -0.3 is 38.9 Å². The van der Waals surface area contributed by atoms with Gasteiger partial charge in [0.1, 0.15) is 12.6 Å². The van der Waals surface area contributed by atoms with Crippen LogP contribution in [0.2, 0.25) is 0 Å². The predicted molar refractivity (Wildman–Crippen MR) is 121 cm³/mol. The standard InChI is InChI=1S/2C8H16O.2H3O3PS/c2*1-2-3-4-5-6-7-8-9;2*1-4(2,3)5/h2*8H,2-7H2,1H3;2*(H3,1,2,3,5). The minimum atomic E-state index is -3.81. The van der Waals surface area contributed by atoms with E-state index < -0.39 is 13.4 Å². The Bertz CT molecular complexity index is 359. The predicted octanol–water partition coefficient (Wildman–Crippen LogP) is 3.47. The summed E-state index contributed by atoms with van der Waals surface area (Å²) in [6.45, 7) is -3.22. The summed E-state index contributed by atoms with van der Waals surface area (Å²) in [5.74, 6) is 0. The average molecular weight is 485 g/mol. The molecule has 0 atom stereocenters. The molecule has 0 aromatic rings. The van der Waals surface area contributed by atoms with E-state index in [0.29, 0.717) is 0 Å². The first-order chi connectivity index (χ1) is 12.8. The quantitative estimate of drug-likeness (QED) is 0.138. The normalized spacial score (nSPS) is 10.3. The van der Waals surface area contributed by atoms with Crippen molar-refractivity contribution in [3.8, 4) is 0 Å². The summed E-state index contributed by atoms with van der Waals surface area (Å²) in [7, 11) is 0. The second kappa shape index (κ2) is 27.4. The van der Waals surface area contributed by atoms with Crippen LogP contribution in [0.1, 0.15) is 90.9 Å². The number of hydrogen-bond donors (Lipinski definition) is 6. The van der Waals surface area contributed by atoms with Gasteiger partial charge in [-0.2, -0.15) is 0 Å². The second-order valence-corrected chi connectivity index (χ2v) is 10.8. The van der Waals surface area contributed by atoms with Crippen molar-refractivity contribution in [3.63, 3.8) is 0 Å². The van der Waals surface area contributed by atoms with Crippen LogP contribution in [-0.4, -0.2) is 41.9 Å². The SMILES string of the molecule is CCCCCCCC=O.CCCCCCCC=O.OP(O)(O)=S.OP(O)(O)=S. The van der Waals surface area contributed by atoms with Crippen molar-refractivity contribution in [3.05, 3.63) is 0 Å². The lowest BCUT2D eigenvalue weighted by atomic mass is 10.1. The van der Waals surface area contributed by atoms with E-state index in [1.54, 1.807) is 0 Å². The van der Waals surface area contributed by atoms with Crippen LogP contribution >= 0.6 is 13.4 Å². The number of rotatable bonds is 12. The van der Waals surface area contributed by atoms with Gasteiger partial charge in [-0.1, -0.05) is 65.2 Å². The summed E-state index contributed by atoms with van der Waals surface area (Å²) in [6, 6.07) is 0. The lowest BCUT2D eigenvalue weighted by Crippen LogP contribution is -1.78. The van der Waals surface area contributed by atoms with E-state index >= 15 is 0 Å². The highest BCUT2D eigenvalue weighted by Crippen LogP contribution is 2.26. The zero-order valence-electron chi connectivity index (χ0n) is 16.9. The Balaban J connectivity index is -0.000000143. The van der Waals surface area contributed by atoms with Gasteiger partial charge in [0.05, 0.1) is 0 Å². The van der Waals surface area contributed by atoms with Crippen molar-refractivity contribution < 1.29 is 38.9 Å². The first-order valence-electron chi connectivity index (χ1n) is 9.27. The van der Waals surface area contributed by atoms with Crippen LogP contribution in [0.5, 0.6) is 0 Å². The Morgan fingerprint density at radius 1 is 0.571 bits per heavy atom. The van der Waals surface area contributed by atoms with Crippen LogP contribution in [0.15, 0.2) is 0 Å². The minimum Gasteiger partial charge on any atom is -0.325 e. The molecule has 0 radical (unpaired) electrons. The van der Waals surface area contributed by atoms with Gasteiger partial charge >= 0.3 is 13.4 Å². The summed E-state index contributed by atoms with van der Waals surface area (Å²) in [6.07, 6.45) is 15.9. The Kier molecular flexibility index (Phi) is 35.0. The van der Waals surface area contributed by atoms with E-state index in [9.17, 15) is 9.59 Å². The molecule has 0 bridgehead atoms. The highest BCUT2D eigenvalue weighted by molar-refractivity contribution is 8.06. The van der Waals surface area contributed by atoms with Crippen molar-refractivity contribution in [2.45, 2.75) is 90.9 Å². The van der Waals surface area contributed by atoms with Gasteiger partial charge in [0.15, 0.2) is 0 Å². The zero-order valence-corrected chi connectivity index (χ0v) is 20.3. The molecule has 0 saturated carbocycles. The molecule has 0 amide bonds. The summed E-state index contributed by atoms with van der Waals surface area (Å²) < 4.78 is 0. The molecule has 12 heteroatoms. The van der Waals surface area contributed by atoms with Crippen LogP contribution in [0.4, 0.5) is 0 Å². The van der Waals surface area contributed by atoms with Crippen molar-refractivity contribution in [1.29, 1.82) is 0 Å². The molecule has 0 rings (SSSR count). The zero-order chi connectivity index (χ0) is 22.9. The first kappa shape index (κ1) is 35.8. The number of hydrogen-bond acceptors (Lipinski definition) is 4. The van der Waals surface area contributed by atoms with E-state index in [2.05, 4.69) is 37.5 Å². The van der Waals surface area contributed by atoms with E-state index in [0.717, 1.165) is 38.3 Å². The Morgan fingerprint density at radius 3 is 0.964 bits per heavy atom. The number of carbonyl (C=O) groups excluding carboxylic acids is 2. The lowest BCUT2D eigenvalue weighted by molar-refractivity contribution is -0.108. The van der Waals surface area contributed by atoms with Crippen LogP contribution in [0.25, 0.3) is 0 Å².